The highest BCUT2D eigenvalue weighted by molar-refractivity contribution is 6.35. The monoisotopic (exact) mass is 445 g/mol. The summed E-state index contributed by atoms with van der Waals surface area (Å²) in [5.74, 6) is -0.287. The number of hydrogen-bond acceptors (Lipinski definition) is 4. The Labute approximate surface area is 197 Å². The maximum Gasteiger partial charge on any atom is 0.277 e. The Kier molecular flexibility index (Phi) is 6.59. The molecule has 5 nitrogen and oxygen atoms in total. The summed E-state index contributed by atoms with van der Waals surface area (Å²) in [6.45, 7) is 14.1. The van der Waals surface area contributed by atoms with E-state index in [0.717, 1.165) is 50.1 Å². The van der Waals surface area contributed by atoms with Crippen molar-refractivity contribution in [2.24, 2.45) is 0 Å². The molecular weight excluding hydrogens is 410 g/mol. The van der Waals surface area contributed by atoms with Crippen LogP contribution in [0.5, 0.6) is 0 Å². The number of imide groups is 1. The first-order valence-corrected chi connectivity index (χ1v) is 12.1. The number of unbranched alkanes of at least 4 members (excludes halogenated alkanes) is 1. The van der Waals surface area contributed by atoms with Crippen LogP contribution < -0.4 is 4.90 Å². The van der Waals surface area contributed by atoms with E-state index in [2.05, 4.69) is 62.6 Å². The summed E-state index contributed by atoms with van der Waals surface area (Å²) >= 11 is 0. The Balaban J connectivity index is 1.65. The molecule has 0 atom stereocenters. The van der Waals surface area contributed by atoms with Gasteiger partial charge in [-0.25, -0.2) is 0 Å². The van der Waals surface area contributed by atoms with Crippen molar-refractivity contribution in [2.45, 2.75) is 47.5 Å². The lowest BCUT2D eigenvalue weighted by Gasteiger charge is -2.38. The van der Waals surface area contributed by atoms with Crippen LogP contribution in [0.1, 0.15) is 47.6 Å². The molecule has 33 heavy (non-hydrogen) atoms. The third-order valence-corrected chi connectivity index (χ3v) is 7.19. The molecule has 1 fully saturated rings. The minimum atomic E-state index is -0.149. The molecule has 0 bridgehead atoms. The molecular formula is C28H35N3O2. The Morgan fingerprint density at radius 1 is 0.788 bits per heavy atom. The van der Waals surface area contributed by atoms with Crippen molar-refractivity contribution in [1.82, 2.24) is 9.80 Å². The molecule has 2 amide bonds. The van der Waals surface area contributed by atoms with E-state index in [0.29, 0.717) is 17.8 Å². The zero-order chi connectivity index (χ0) is 23.7. The van der Waals surface area contributed by atoms with Crippen LogP contribution in [0.4, 0.5) is 5.69 Å². The van der Waals surface area contributed by atoms with E-state index in [1.165, 1.54) is 27.3 Å². The normalized spacial score (nSPS) is 16.9. The van der Waals surface area contributed by atoms with Gasteiger partial charge in [-0.2, -0.15) is 0 Å². The second-order valence-corrected chi connectivity index (χ2v) is 9.33. The minimum absolute atomic E-state index is 0.137. The van der Waals surface area contributed by atoms with Gasteiger partial charge < -0.3 is 9.80 Å². The second-order valence-electron chi connectivity index (χ2n) is 9.33. The fourth-order valence-electron chi connectivity index (χ4n) is 4.78. The summed E-state index contributed by atoms with van der Waals surface area (Å²) in [7, 11) is 0. The summed E-state index contributed by atoms with van der Waals surface area (Å²) < 4.78 is 0. The zero-order valence-electron chi connectivity index (χ0n) is 20.6. The quantitative estimate of drug-likeness (QED) is 0.609. The van der Waals surface area contributed by atoms with Gasteiger partial charge in [0, 0.05) is 38.4 Å². The Morgan fingerprint density at radius 3 is 2.15 bits per heavy atom. The van der Waals surface area contributed by atoms with Crippen LogP contribution in [0.15, 0.2) is 42.1 Å². The zero-order valence-corrected chi connectivity index (χ0v) is 20.6. The summed E-state index contributed by atoms with van der Waals surface area (Å²) in [6, 6.07) is 12.5. The van der Waals surface area contributed by atoms with Crippen molar-refractivity contribution in [3.05, 3.63) is 69.9 Å². The molecule has 0 N–H and O–H groups in total. The molecule has 0 spiro atoms. The summed E-state index contributed by atoms with van der Waals surface area (Å²) in [5, 5.41) is 0. The van der Waals surface area contributed by atoms with Crippen molar-refractivity contribution < 1.29 is 9.59 Å². The van der Waals surface area contributed by atoms with E-state index < -0.39 is 0 Å². The number of rotatable bonds is 6. The van der Waals surface area contributed by atoms with Gasteiger partial charge in [-0.15, -0.1) is 0 Å². The number of carbonyl (C=O) groups is 2. The molecule has 5 heteroatoms. The van der Waals surface area contributed by atoms with Gasteiger partial charge in [0.2, 0.25) is 0 Å². The molecule has 2 aromatic carbocycles. The van der Waals surface area contributed by atoms with Crippen LogP contribution in [0.3, 0.4) is 0 Å². The number of piperazine rings is 1. The van der Waals surface area contributed by atoms with Crippen LogP contribution in [0.2, 0.25) is 0 Å². The third-order valence-electron chi connectivity index (χ3n) is 7.19. The van der Waals surface area contributed by atoms with Crippen molar-refractivity contribution >= 4 is 23.1 Å². The number of carbonyl (C=O) groups excluding carboxylic acids is 2. The number of aryl methyl sites for hydroxylation is 3. The Morgan fingerprint density at radius 2 is 1.48 bits per heavy atom. The lowest BCUT2D eigenvalue weighted by atomic mass is 9.99. The van der Waals surface area contributed by atoms with Crippen molar-refractivity contribution in [1.29, 1.82) is 0 Å². The summed E-state index contributed by atoms with van der Waals surface area (Å²) in [6.07, 6.45) is 1.77. The van der Waals surface area contributed by atoms with Crippen LogP contribution in [-0.2, 0) is 9.59 Å². The fourth-order valence-corrected chi connectivity index (χ4v) is 4.78. The predicted octanol–water partition coefficient (Wildman–Crippen LogP) is 4.62. The number of nitrogens with zero attached hydrogens (tertiary/aromatic N) is 3. The lowest BCUT2D eigenvalue weighted by molar-refractivity contribution is -0.137. The molecule has 2 heterocycles. The highest BCUT2D eigenvalue weighted by Crippen LogP contribution is 2.34. The largest absolute Gasteiger partial charge is 0.368 e. The summed E-state index contributed by atoms with van der Waals surface area (Å²) in [5.41, 5.74) is 8.17. The molecule has 0 radical (unpaired) electrons. The standard InChI is InChI=1S/C28H35N3O2/c1-6-7-13-31-27(32)25(23-12-11-19(2)21(4)18-23)26(28(31)33)30-16-14-29(15-17-30)24-10-8-9-20(3)22(24)5/h8-12,18H,6-7,13-17H2,1-5H3. The molecule has 4 rings (SSSR count). The smallest absolute Gasteiger partial charge is 0.277 e. The SMILES string of the molecule is CCCCN1C(=O)C(c2ccc(C)c(C)c2)=C(N2CCN(c3cccc(C)c3C)CC2)C1=O. The van der Waals surface area contributed by atoms with Crippen molar-refractivity contribution in [3.8, 4) is 0 Å². The van der Waals surface area contributed by atoms with Crippen LogP contribution in [-0.4, -0.2) is 54.3 Å². The van der Waals surface area contributed by atoms with Crippen molar-refractivity contribution in [3.63, 3.8) is 0 Å². The molecule has 0 unspecified atom stereocenters. The molecule has 0 aliphatic carbocycles. The van der Waals surface area contributed by atoms with Crippen LogP contribution in [0, 0.1) is 27.7 Å². The molecule has 1 saturated heterocycles. The van der Waals surface area contributed by atoms with Gasteiger partial charge in [-0.1, -0.05) is 43.7 Å². The number of benzene rings is 2. The minimum Gasteiger partial charge on any atom is -0.368 e. The molecule has 0 saturated carbocycles. The first-order chi connectivity index (χ1) is 15.8. The first-order valence-electron chi connectivity index (χ1n) is 12.1. The van der Waals surface area contributed by atoms with E-state index in [1.54, 1.807) is 0 Å². The maximum atomic E-state index is 13.5. The predicted molar refractivity (Wildman–Crippen MR) is 134 cm³/mol. The summed E-state index contributed by atoms with van der Waals surface area (Å²) in [4.78, 5) is 32.9. The third kappa shape index (κ3) is 4.29. The van der Waals surface area contributed by atoms with E-state index in [4.69, 9.17) is 0 Å². The van der Waals surface area contributed by atoms with Crippen molar-refractivity contribution in [2.75, 3.05) is 37.6 Å². The maximum absolute atomic E-state index is 13.5. The molecule has 174 valence electrons. The van der Waals surface area contributed by atoms with E-state index in [-0.39, 0.29) is 11.8 Å². The van der Waals surface area contributed by atoms with E-state index in [9.17, 15) is 9.59 Å². The van der Waals surface area contributed by atoms with Crippen LogP contribution >= 0.6 is 0 Å². The van der Waals surface area contributed by atoms with Crippen LogP contribution in [0.25, 0.3) is 5.57 Å². The average molecular weight is 446 g/mol. The van der Waals surface area contributed by atoms with Gasteiger partial charge in [0.15, 0.2) is 0 Å². The van der Waals surface area contributed by atoms with Gasteiger partial charge in [0.25, 0.3) is 11.8 Å². The topological polar surface area (TPSA) is 43.9 Å². The number of hydrogen-bond donors (Lipinski definition) is 0. The Bertz CT molecular complexity index is 1110. The lowest BCUT2D eigenvalue weighted by Crippen LogP contribution is -2.48. The fraction of sp³-hybridized carbons (Fsp3) is 0.429. The molecule has 2 aliphatic rings. The van der Waals surface area contributed by atoms with E-state index in [1.807, 2.05) is 18.2 Å². The number of amides is 2. The highest BCUT2D eigenvalue weighted by Gasteiger charge is 2.41. The highest BCUT2D eigenvalue weighted by atomic mass is 16.2. The molecule has 0 aromatic heterocycles. The van der Waals surface area contributed by atoms with Gasteiger partial charge >= 0.3 is 0 Å². The second kappa shape index (κ2) is 9.42. The average Bonchev–Trinajstić information content (AvgIpc) is 3.06. The van der Waals surface area contributed by atoms with Gasteiger partial charge in [0.1, 0.15) is 5.70 Å². The van der Waals surface area contributed by atoms with E-state index >= 15 is 0 Å². The molecule has 2 aromatic rings. The Hall–Kier alpha value is -3.08. The number of anilines is 1. The van der Waals surface area contributed by atoms with Gasteiger partial charge in [-0.05, 0) is 68.0 Å². The molecule has 2 aliphatic heterocycles. The van der Waals surface area contributed by atoms with Gasteiger partial charge in [0.05, 0.1) is 5.57 Å². The van der Waals surface area contributed by atoms with Gasteiger partial charge in [-0.3, -0.25) is 14.5 Å². The first kappa shape index (κ1) is 23.1.